The normalized spacial score (nSPS) is 15.2. The summed E-state index contributed by atoms with van der Waals surface area (Å²) < 4.78 is 22.0. The number of phosphoric acid groups is 1. The molecular weight excluding hydrogens is 647 g/mol. The van der Waals surface area contributed by atoms with E-state index in [9.17, 15) is 19.4 Å². The predicted octanol–water partition coefficient (Wildman–Crippen LogP) is 10.3. The van der Waals surface area contributed by atoms with Gasteiger partial charge in [-0.05, 0) is 70.6 Å². The van der Waals surface area contributed by atoms with E-state index in [0.717, 1.165) is 44.9 Å². The van der Waals surface area contributed by atoms with Crippen molar-refractivity contribution in [3.8, 4) is 0 Å². The van der Waals surface area contributed by atoms with Crippen LogP contribution in [0.1, 0.15) is 136 Å². The van der Waals surface area contributed by atoms with Crippen LogP contribution in [0, 0.1) is 0 Å². The topological polar surface area (TPSA) is 131 Å². The van der Waals surface area contributed by atoms with Crippen LogP contribution < -0.4 is 11.1 Å². The summed E-state index contributed by atoms with van der Waals surface area (Å²) in [5.74, 6) is -0.293. The first-order chi connectivity index (χ1) is 24.4. The van der Waals surface area contributed by atoms with E-state index in [1.54, 1.807) is 6.08 Å². The largest absolute Gasteiger partial charge is 0.472 e. The first-order valence-electron chi connectivity index (χ1n) is 19.2. The second kappa shape index (κ2) is 36.5. The number of unbranched alkanes of at least 4 members (excludes halogenated alkanes) is 10. The molecule has 0 aromatic heterocycles. The van der Waals surface area contributed by atoms with E-state index in [4.69, 9.17) is 14.8 Å². The number of aliphatic hydroxyl groups excluding tert-OH is 1. The van der Waals surface area contributed by atoms with E-state index in [1.807, 2.05) is 18.2 Å². The smallest absolute Gasteiger partial charge is 0.387 e. The summed E-state index contributed by atoms with van der Waals surface area (Å²) in [6.07, 6.45) is 47.9. The van der Waals surface area contributed by atoms with Gasteiger partial charge in [-0.2, -0.15) is 0 Å². The molecule has 0 fully saturated rings. The van der Waals surface area contributed by atoms with Crippen molar-refractivity contribution in [1.82, 2.24) is 5.32 Å². The van der Waals surface area contributed by atoms with E-state index in [-0.39, 0.29) is 25.5 Å². The fraction of sp³-hybridized carbons (Fsp3) is 0.634. The Morgan fingerprint density at radius 1 is 0.680 bits per heavy atom. The molecular formula is C41H71N2O6P. The molecule has 0 aromatic carbocycles. The average Bonchev–Trinajstić information content (AvgIpc) is 3.10. The molecule has 3 atom stereocenters. The molecule has 0 heterocycles. The lowest BCUT2D eigenvalue weighted by Crippen LogP contribution is -2.45. The molecule has 3 unspecified atom stereocenters. The summed E-state index contributed by atoms with van der Waals surface area (Å²) in [4.78, 5) is 22.5. The van der Waals surface area contributed by atoms with E-state index < -0.39 is 26.6 Å². The average molecular weight is 719 g/mol. The molecule has 50 heavy (non-hydrogen) atoms. The fourth-order valence-corrected chi connectivity index (χ4v) is 5.58. The molecule has 0 aliphatic rings. The summed E-state index contributed by atoms with van der Waals surface area (Å²) >= 11 is 0. The molecule has 0 radical (unpaired) electrons. The second-order valence-corrected chi connectivity index (χ2v) is 13.8. The highest BCUT2D eigenvalue weighted by molar-refractivity contribution is 7.47. The minimum Gasteiger partial charge on any atom is -0.387 e. The number of carbonyl (C=O) groups is 1. The van der Waals surface area contributed by atoms with Crippen LogP contribution in [-0.4, -0.2) is 47.8 Å². The van der Waals surface area contributed by atoms with E-state index in [2.05, 4.69) is 79.9 Å². The van der Waals surface area contributed by atoms with Crippen LogP contribution in [0.15, 0.2) is 85.1 Å². The van der Waals surface area contributed by atoms with Crippen LogP contribution in [-0.2, 0) is 18.4 Å². The molecule has 0 aromatic rings. The van der Waals surface area contributed by atoms with Crippen LogP contribution in [0.2, 0.25) is 0 Å². The zero-order chi connectivity index (χ0) is 36.8. The molecule has 0 saturated heterocycles. The maximum Gasteiger partial charge on any atom is 0.472 e. The quantitative estimate of drug-likeness (QED) is 0.0296. The number of hydrogen-bond donors (Lipinski definition) is 4. The fourth-order valence-electron chi connectivity index (χ4n) is 4.82. The lowest BCUT2D eigenvalue weighted by molar-refractivity contribution is -0.122. The van der Waals surface area contributed by atoms with Crippen molar-refractivity contribution in [1.29, 1.82) is 0 Å². The number of allylic oxidation sites excluding steroid dienone is 13. The number of phosphoric ester groups is 1. The Bertz CT molecular complexity index is 1050. The molecule has 0 aliphatic heterocycles. The minimum absolute atomic E-state index is 0.0568. The van der Waals surface area contributed by atoms with Crippen molar-refractivity contribution in [3.63, 3.8) is 0 Å². The number of rotatable bonds is 34. The Labute approximate surface area is 305 Å². The van der Waals surface area contributed by atoms with Crippen LogP contribution in [0.3, 0.4) is 0 Å². The third-order valence-corrected chi connectivity index (χ3v) is 8.68. The monoisotopic (exact) mass is 719 g/mol. The Hall–Kier alpha value is -2.32. The summed E-state index contributed by atoms with van der Waals surface area (Å²) in [5.41, 5.74) is 5.35. The van der Waals surface area contributed by atoms with Gasteiger partial charge >= 0.3 is 7.82 Å². The van der Waals surface area contributed by atoms with Gasteiger partial charge in [-0.25, -0.2) is 4.57 Å². The summed E-state index contributed by atoms with van der Waals surface area (Å²) in [5, 5.41) is 13.5. The van der Waals surface area contributed by atoms with E-state index >= 15 is 0 Å². The highest BCUT2D eigenvalue weighted by Crippen LogP contribution is 2.43. The van der Waals surface area contributed by atoms with Gasteiger partial charge in [0.25, 0.3) is 0 Å². The molecule has 0 saturated carbocycles. The van der Waals surface area contributed by atoms with E-state index in [0.29, 0.717) is 12.8 Å². The van der Waals surface area contributed by atoms with Crippen molar-refractivity contribution in [3.05, 3.63) is 85.1 Å². The molecule has 0 rings (SSSR count). The standard InChI is InChI=1S/C41H71N2O6P/c1-3-5-7-9-11-13-15-17-18-19-20-21-23-24-26-28-30-32-34-40(44)39(38-49-50(46,47)48-37-36-42)43-41(45)35-33-31-29-27-25-22-16-14-12-10-8-6-4-2/h6,8,12,14,19-20,22,24-26,29,31-32,34,39-40,44H,3-5,7,9-11,13,15-18,21,23,27-28,30,33,35-38,42H2,1-2H3,(H,43,45)(H,46,47)/b8-6-,14-12-,20-19+,25-22-,26-24+,31-29-,34-32+. The highest BCUT2D eigenvalue weighted by atomic mass is 31.2. The molecule has 9 heteroatoms. The molecule has 0 aliphatic carbocycles. The molecule has 1 amide bonds. The third kappa shape index (κ3) is 34.1. The SMILES string of the molecule is CC/C=C\C/C=C\C/C=C\C/C=C\CCC(=O)NC(COP(=O)(O)OCCN)C(O)/C=C/CC/C=C/CC/C=C/CCCCCCCCCC. The van der Waals surface area contributed by atoms with Gasteiger partial charge in [0.05, 0.1) is 25.4 Å². The van der Waals surface area contributed by atoms with E-state index in [1.165, 1.54) is 57.8 Å². The number of amides is 1. The van der Waals surface area contributed by atoms with Crippen molar-refractivity contribution < 1.29 is 28.4 Å². The molecule has 286 valence electrons. The van der Waals surface area contributed by atoms with Gasteiger partial charge in [0, 0.05) is 13.0 Å². The Kier molecular flexibility index (Phi) is 34.8. The highest BCUT2D eigenvalue weighted by Gasteiger charge is 2.26. The predicted molar refractivity (Wildman–Crippen MR) is 212 cm³/mol. The van der Waals surface area contributed by atoms with Crippen LogP contribution in [0.4, 0.5) is 0 Å². The van der Waals surface area contributed by atoms with Gasteiger partial charge in [-0.1, -0.05) is 144 Å². The first kappa shape index (κ1) is 47.7. The van der Waals surface area contributed by atoms with Gasteiger partial charge in [0.2, 0.25) is 5.91 Å². The zero-order valence-corrected chi connectivity index (χ0v) is 32.2. The summed E-state index contributed by atoms with van der Waals surface area (Å²) in [6, 6.07) is -0.925. The number of nitrogens with two attached hydrogens (primary N) is 1. The number of nitrogens with one attached hydrogen (secondary N) is 1. The third-order valence-electron chi connectivity index (χ3n) is 7.70. The van der Waals surface area contributed by atoms with Crippen molar-refractivity contribution in [2.75, 3.05) is 19.8 Å². The summed E-state index contributed by atoms with van der Waals surface area (Å²) in [6.45, 7) is 3.89. The second-order valence-electron chi connectivity index (χ2n) is 12.4. The Balaban J connectivity index is 4.51. The van der Waals surface area contributed by atoms with Gasteiger partial charge in [-0.15, -0.1) is 0 Å². The first-order valence-corrected chi connectivity index (χ1v) is 20.7. The molecule has 0 bridgehead atoms. The minimum atomic E-state index is -4.37. The van der Waals surface area contributed by atoms with Crippen LogP contribution in [0.5, 0.6) is 0 Å². The number of hydrogen-bond acceptors (Lipinski definition) is 6. The van der Waals surface area contributed by atoms with Gasteiger partial charge < -0.3 is 21.1 Å². The Morgan fingerprint density at radius 2 is 1.18 bits per heavy atom. The van der Waals surface area contributed by atoms with Gasteiger partial charge in [0.1, 0.15) is 0 Å². The Morgan fingerprint density at radius 3 is 1.76 bits per heavy atom. The summed E-state index contributed by atoms with van der Waals surface area (Å²) in [7, 11) is -4.37. The maximum atomic E-state index is 12.6. The maximum absolute atomic E-state index is 12.6. The number of aliphatic hydroxyl groups is 1. The zero-order valence-electron chi connectivity index (χ0n) is 31.3. The molecule has 5 N–H and O–H groups in total. The van der Waals surface area contributed by atoms with Crippen molar-refractivity contribution in [2.24, 2.45) is 5.73 Å². The van der Waals surface area contributed by atoms with Gasteiger partial charge in [0.15, 0.2) is 0 Å². The number of carbonyl (C=O) groups excluding carboxylic acids is 1. The lowest BCUT2D eigenvalue weighted by atomic mass is 10.1. The lowest BCUT2D eigenvalue weighted by Gasteiger charge is -2.23. The molecule has 8 nitrogen and oxygen atoms in total. The van der Waals surface area contributed by atoms with Crippen LogP contribution in [0.25, 0.3) is 0 Å². The van der Waals surface area contributed by atoms with Crippen LogP contribution >= 0.6 is 7.82 Å². The van der Waals surface area contributed by atoms with Crippen molar-refractivity contribution >= 4 is 13.7 Å². The van der Waals surface area contributed by atoms with Gasteiger partial charge in [-0.3, -0.25) is 13.8 Å². The van der Waals surface area contributed by atoms with Crippen molar-refractivity contribution in [2.45, 2.75) is 148 Å². The molecule has 0 spiro atoms.